The molecular formula is C25H29N5O3. The second-order valence-corrected chi connectivity index (χ2v) is 8.57. The highest BCUT2D eigenvalue weighted by molar-refractivity contribution is 5.77. The van der Waals surface area contributed by atoms with Gasteiger partial charge < -0.3 is 19.9 Å². The minimum atomic E-state index is 0.0606. The Morgan fingerprint density at radius 2 is 1.79 bits per heavy atom. The van der Waals surface area contributed by atoms with Gasteiger partial charge >= 0.3 is 0 Å². The number of carbonyl (C=O) groups excluding carboxylic acids is 1. The smallest absolute Gasteiger partial charge is 0.248 e. The summed E-state index contributed by atoms with van der Waals surface area (Å²) in [5, 5.41) is 15.6. The molecule has 2 aromatic carbocycles. The van der Waals surface area contributed by atoms with Crippen LogP contribution in [0.1, 0.15) is 31.2 Å². The van der Waals surface area contributed by atoms with Gasteiger partial charge in [0.2, 0.25) is 5.91 Å². The number of para-hydroxylation sites is 1. The van der Waals surface area contributed by atoms with Gasteiger partial charge in [-0.3, -0.25) is 4.79 Å². The van der Waals surface area contributed by atoms with Crippen LogP contribution in [0.15, 0.2) is 53.7 Å². The van der Waals surface area contributed by atoms with Gasteiger partial charge in [-0.2, -0.15) is 5.26 Å². The molecule has 2 fully saturated rings. The fourth-order valence-electron chi connectivity index (χ4n) is 4.53. The maximum atomic E-state index is 12.6. The number of carbonyl (C=O) groups is 1. The average molecular weight is 448 g/mol. The predicted molar refractivity (Wildman–Crippen MR) is 127 cm³/mol. The van der Waals surface area contributed by atoms with Crippen molar-refractivity contribution in [3.63, 3.8) is 0 Å². The number of nitroso groups, excluding NO2 is 1. The molecule has 172 valence electrons. The normalized spacial score (nSPS) is 20.7. The largest absolute Gasteiger partial charge is 0.381 e. The lowest BCUT2D eigenvalue weighted by Gasteiger charge is -2.36. The molecule has 1 N–H and O–H groups in total. The minimum Gasteiger partial charge on any atom is -0.381 e. The van der Waals surface area contributed by atoms with Gasteiger partial charge in [-0.25, -0.2) is 0 Å². The van der Waals surface area contributed by atoms with Crippen LogP contribution in [0.2, 0.25) is 0 Å². The van der Waals surface area contributed by atoms with Crippen molar-refractivity contribution in [1.29, 1.82) is 5.26 Å². The van der Waals surface area contributed by atoms with E-state index in [4.69, 9.17) is 4.74 Å². The summed E-state index contributed by atoms with van der Waals surface area (Å²) in [6.45, 7) is 3.23. The third kappa shape index (κ3) is 5.88. The summed E-state index contributed by atoms with van der Waals surface area (Å²) in [5.41, 5.74) is 2.59. The molecule has 0 aromatic heterocycles. The zero-order valence-corrected chi connectivity index (χ0v) is 18.7. The molecule has 1 aliphatic carbocycles. The summed E-state index contributed by atoms with van der Waals surface area (Å²) in [4.78, 5) is 27.5. The van der Waals surface area contributed by atoms with E-state index in [1.54, 1.807) is 12.1 Å². The molecule has 0 atom stereocenters. The van der Waals surface area contributed by atoms with Crippen LogP contribution in [0.3, 0.4) is 0 Å². The predicted octanol–water partition coefficient (Wildman–Crippen LogP) is 4.04. The van der Waals surface area contributed by atoms with Crippen molar-refractivity contribution in [2.24, 2.45) is 5.18 Å². The van der Waals surface area contributed by atoms with E-state index in [-0.39, 0.29) is 30.3 Å². The molecule has 8 nitrogen and oxygen atoms in total. The second kappa shape index (κ2) is 10.9. The summed E-state index contributed by atoms with van der Waals surface area (Å²) < 4.78 is 5.95. The first-order valence-electron chi connectivity index (χ1n) is 11.5. The van der Waals surface area contributed by atoms with Crippen LogP contribution in [-0.4, -0.2) is 55.7 Å². The van der Waals surface area contributed by atoms with Gasteiger partial charge in [-0.1, -0.05) is 18.2 Å². The van der Waals surface area contributed by atoms with E-state index in [1.807, 2.05) is 23.1 Å². The van der Waals surface area contributed by atoms with Crippen molar-refractivity contribution >= 4 is 23.0 Å². The molecule has 1 aliphatic heterocycles. The van der Waals surface area contributed by atoms with Crippen LogP contribution in [0.25, 0.3) is 0 Å². The van der Waals surface area contributed by atoms with E-state index in [9.17, 15) is 15.0 Å². The van der Waals surface area contributed by atoms with Crippen molar-refractivity contribution in [2.75, 3.05) is 43.0 Å². The molecule has 2 aliphatic rings. The summed E-state index contributed by atoms with van der Waals surface area (Å²) in [6.07, 6.45) is 3.60. The summed E-state index contributed by atoms with van der Waals surface area (Å²) in [7, 11) is 0. The fraction of sp³-hybridized carbons (Fsp3) is 0.440. The zero-order chi connectivity index (χ0) is 23.0. The van der Waals surface area contributed by atoms with Crippen molar-refractivity contribution in [2.45, 2.75) is 37.8 Å². The molecular weight excluding hydrogens is 418 g/mol. The molecule has 8 heteroatoms. The second-order valence-electron chi connectivity index (χ2n) is 8.57. The molecule has 4 rings (SSSR count). The first kappa shape index (κ1) is 22.7. The third-order valence-electron chi connectivity index (χ3n) is 6.46. The monoisotopic (exact) mass is 447 g/mol. The Labute approximate surface area is 194 Å². The Morgan fingerprint density at radius 1 is 1.06 bits per heavy atom. The quantitative estimate of drug-likeness (QED) is 0.643. The number of piperazine rings is 1. The standard InChI is InChI=1S/C25H29N5O3/c26-17-19-16-21(28-32)8-11-24(19)27-20-6-9-23(10-7-20)33-18-25(31)30-14-12-29(13-15-30)22-4-2-1-3-5-22/h1-5,8,11,16,20,23,27H,6-7,9-10,12-15,18H2. The number of amides is 1. The topological polar surface area (TPSA) is 98.0 Å². The highest BCUT2D eigenvalue weighted by Crippen LogP contribution is 2.27. The van der Waals surface area contributed by atoms with E-state index in [0.717, 1.165) is 44.5 Å². The van der Waals surface area contributed by atoms with Crippen molar-refractivity contribution in [1.82, 2.24) is 4.90 Å². The number of nitriles is 1. The lowest BCUT2D eigenvalue weighted by Crippen LogP contribution is -2.50. The fourth-order valence-corrected chi connectivity index (χ4v) is 4.53. The van der Waals surface area contributed by atoms with Crippen LogP contribution in [0.5, 0.6) is 0 Å². The van der Waals surface area contributed by atoms with Gasteiger partial charge in [0.05, 0.1) is 17.4 Å². The average Bonchev–Trinajstić information content (AvgIpc) is 2.89. The van der Waals surface area contributed by atoms with Gasteiger partial charge in [-0.05, 0) is 61.2 Å². The molecule has 0 bridgehead atoms. The lowest BCUT2D eigenvalue weighted by atomic mass is 9.92. The number of nitrogens with one attached hydrogen (secondary N) is 1. The van der Waals surface area contributed by atoms with Gasteiger partial charge in [-0.15, -0.1) is 4.91 Å². The van der Waals surface area contributed by atoms with E-state index in [2.05, 4.69) is 33.6 Å². The van der Waals surface area contributed by atoms with E-state index in [0.29, 0.717) is 18.7 Å². The third-order valence-corrected chi connectivity index (χ3v) is 6.46. The molecule has 1 heterocycles. The maximum Gasteiger partial charge on any atom is 0.248 e. The Bertz CT molecular complexity index is 991. The molecule has 2 aromatic rings. The van der Waals surface area contributed by atoms with E-state index < -0.39 is 0 Å². The highest BCUT2D eigenvalue weighted by Gasteiger charge is 2.25. The van der Waals surface area contributed by atoms with Crippen LogP contribution in [0, 0.1) is 16.2 Å². The number of benzene rings is 2. The SMILES string of the molecule is N#Cc1cc(N=O)ccc1NC1CCC(OCC(=O)N2CCN(c3ccccc3)CC2)CC1. The van der Waals surface area contributed by atoms with Crippen LogP contribution >= 0.6 is 0 Å². The molecule has 1 saturated carbocycles. The lowest BCUT2D eigenvalue weighted by molar-refractivity contribution is -0.139. The molecule has 0 unspecified atom stereocenters. The number of hydrogen-bond donors (Lipinski definition) is 1. The molecule has 1 amide bonds. The molecule has 1 saturated heterocycles. The summed E-state index contributed by atoms with van der Waals surface area (Å²) >= 11 is 0. The van der Waals surface area contributed by atoms with Gasteiger partial charge in [0.1, 0.15) is 18.4 Å². The summed E-state index contributed by atoms with van der Waals surface area (Å²) in [6, 6.07) is 17.5. The Hall–Kier alpha value is -3.44. The number of hydrogen-bond acceptors (Lipinski definition) is 7. The summed E-state index contributed by atoms with van der Waals surface area (Å²) in [5.74, 6) is 0.0606. The Balaban J connectivity index is 1.18. The van der Waals surface area contributed by atoms with Crippen LogP contribution in [-0.2, 0) is 9.53 Å². The first-order chi connectivity index (χ1) is 16.2. The zero-order valence-electron chi connectivity index (χ0n) is 18.7. The minimum absolute atomic E-state index is 0.0606. The van der Waals surface area contributed by atoms with Crippen LogP contribution < -0.4 is 10.2 Å². The number of rotatable bonds is 7. The van der Waals surface area contributed by atoms with Crippen molar-refractivity contribution in [3.8, 4) is 6.07 Å². The van der Waals surface area contributed by atoms with Crippen molar-refractivity contribution in [3.05, 3.63) is 59.0 Å². The van der Waals surface area contributed by atoms with Crippen molar-refractivity contribution < 1.29 is 9.53 Å². The highest BCUT2D eigenvalue weighted by atomic mass is 16.5. The van der Waals surface area contributed by atoms with Gasteiger partial charge in [0.15, 0.2) is 0 Å². The maximum absolute atomic E-state index is 12.6. The van der Waals surface area contributed by atoms with E-state index in [1.165, 1.54) is 11.8 Å². The number of anilines is 2. The Morgan fingerprint density at radius 3 is 2.45 bits per heavy atom. The molecule has 0 radical (unpaired) electrons. The number of nitrogens with zero attached hydrogens (tertiary/aromatic N) is 4. The van der Waals surface area contributed by atoms with Crippen LogP contribution in [0.4, 0.5) is 17.1 Å². The molecule has 33 heavy (non-hydrogen) atoms. The molecule has 0 spiro atoms. The van der Waals surface area contributed by atoms with Gasteiger partial charge in [0.25, 0.3) is 0 Å². The number of ether oxygens (including phenoxy) is 1. The Kier molecular flexibility index (Phi) is 7.53. The first-order valence-corrected chi connectivity index (χ1v) is 11.5. The van der Waals surface area contributed by atoms with Gasteiger partial charge in [0, 0.05) is 37.9 Å². The van der Waals surface area contributed by atoms with E-state index >= 15 is 0 Å².